The Morgan fingerprint density at radius 1 is 1.12 bits per heavy atom. The van der Waals surface area contributed by atoms with Crippen LogP contribution in [-0.4, -0.2) is 28.5 Å². The van der Waals surface area contributed by atoms with Gasteiger partial charge in [-0.2, -0.15) is 0 Å². The summed E-state index contributed by atoms with van der Waals surface area (Å²) in [7, 11) is 2.08. The van der Waals surface area contributed by atoms with Gasteiger partial charge in [-0.15, -0.1) is 0 Å². The molecule has 0 bridgehead atoms. The van der Waals surface area contributed by atoms with Crippen LogP contribution < -0.4 is 0 Å². The van der Waals surface area contributed by atoms with E-state index in [1.54, 1.807) is 0 Å². The summed E-state index contributed by atoms with van der Waals surface area (Å²) in [6.07, 6.45) is 2.74. The number of oxazole rings is 1. The lowest BCUT2D eigenvalue weighted by atomic mass is 10.2. The van der Waals surface area contributed by atoms with Crippen LogP contribution in [0.5, 0.6) is 0 Å². The van der Waals surface area contributed by atoms with Gasteiger partial charge >= 0.3 is 0 Å². The summed E-state index contributed by atoms with van der Waals surface area (Å²) in [6, 6.07) is 13.5. The normalized spacial score (nSPS) is 11.2. The van der Waals surface area contributed by atoms with Gasteiger partial charge in [0.25, 0.3) is 0 Å². The van der Waals surface area contributed by atoms with Crippen molar-refractivity contribution in [2.45, 2.75) is 19.9 Å². The Balaban J connectivity index is 1.63. The highest BCUT2D eigenvalue weighted by atomic mass is 35.5. The summed E-state index contributed by atoms with van der Waals surface area (Å²) >= 11 is 5.93. The first-order chi connectivity index (χ1) is 11.6. The van der Waals surface area contributed by atoms with E-state index in [9.17, 15) is 0 Å². The molecule has 0 aliphatic rings. The predicted molar refractivity (Wildman–Crippen MR) is 96.0 cm³/mol. The first-order valence-electron chi connectivity index (χ1n) is 7.92. The largest absolute Gasteiger partial charge is 0.441 e. The zero-order chi connectivity index (χ0) is 16.9. The minimum absolute atomic E-state index is 0.636. The predicted octanol–water partition coefficient (Wildman–Crippen LogP) is 4.37. The summed E-state index contributed by atoms with van der Waals surface area (Å²) in [4.78, 5) is 11.2. The zero-order valence-electron chi connectivity index (χ0n) is 13.9. The molecular weight excluding hydrogens is 322 g/mol. The molecule has 1 aromatic carbocycles. The fourth-order valence-electron chi connectivity index (χ4n) is 2.48. The molecule has 24 heavy (non-hydrogen) atoms. The molecule has 0 aliphatic heterocycles. The third-order valence-corrected chi connectivity index (χ3v) is 4.13. The van der Waals surface area contributed by atoms with Crippen LogP contribution in [0.1, 0.15) is 17.1 Å². The van der Waals surface area contributed by atoms with Crippen LogP contribution in [0.2, 0.25) is 5.02 Å². The molecule has 2 aromatic heterocycles. The van der Waals surface area contributed by atoms with Gasteiger partial charge in [0.05, 0.1) is 5.69 Å². The minimum atomic E-state index is 0.636. The van der Waals surface area contributed by atoms with Crippen LogP contribution in [0.3, 0.4) is 0 Å². The molecule has 0 fully saturated rings. The summed E-state index contributed by atoms with van der Waals surface area (Å²) in [5.41, 5.74) is 3.00. The lowest BCUT2D eigenvalue weighted by Gasteiger charge is -2.14. The van der Waals surface area contributed by atoms with Crippen LogP contribution in [0.15, 0.2) is 53.1 Å². The van der Waals surface area contributed by atoms with E-state index in [0.717, 1.165) is 42.2 Å². The van der Waals surface area contributed by atoms with Crippen molar-refractivity contribution in [3.8, 4) is 11.5 Å². The van der Waals surface area contributed by atoms with E-state index < -0.39 is 0 Å². The Bertz CT molecular complexity index is 784. The summed E-state index contributed by atoms with van der Waals surface area (Å²) in [5.74, 6) is 1.49. The molecule has 2 heterocycles. The Kier molecular flexibility index (Phi) is 5.28. The third kappa shape index (κ3) is 4.22. The third-order valence-electron chi connectivity index (χ3n) is 3.88. The maximum absolute atomic E-state index is 5.93. The Labute approximate surface area is 147 Å². The van der Waals surface area contributed by atoms with Crippen molar-refractivity contribution in [1.82, 2.24) is 14.9 Å². The molecule has 0 unspecified atom stereocenters. The van der Waals surface area contributed by atoms with E-state index in [1.165, 1.54) is 0 Å². The topological polar surface area (TPSA) is 42.2 Å². The van der Waals surface area contributed by atoms with Gasteiger partial charge in [0.2, 0.25) is 5.89 Å². The quantitative estimate of drug-likeness (QED) is 0.667. The smallest absolute Gasteiger partial charge is 0.226 e. The molecule has 3 aromatic rings. The molecule has 0 aliphatic carbocycles. The number of hydrogen-bond donors (Lipinski definition) is 0. The maximum Gasteiger partial charge on any atom is 0.226 e. The first kappa shape index (κ1) is 16.7. The van der Waals surface area contributed by atoms with Crippen LogP contribution in [0, 0.1) is 6.92 Å². The van der Waals surface area contributed by atoms with Gasteiger partial charge in [-0.3, -0.25) is 4.98 Å². The number of aromatic nitrogens is 2. The molecule has 124 valence electrons. The number of halogens is 1. The maximum atomic E-state index is 5.93. The van der Waals surface area contributed by atoms with Crippen molar-refractivity contribution in [2.75, 3.05) is 13.6 Å². The molecule has 0 N–H and O–H groups in total. The molecule has 0 amide bonds. The Morgan fingerprint density at radius 3 is 2.62 bits per heavy atom. The van der Waals surface area contributed by atoms with Crippen molar-refractivity contribution >= 4 is 11.6 Å². The highest BCUT2D eigenvalue weighted by Crippen LogP contribution is 2.23. The number of hydrogen-bond acceptors (Lipinski definition) is 4. The zero-order valence-corrected chi connectivity index (χ0v) is 14.6. The number of nitrogens with zero attached hydrogens (tertiary/aromatic N) is 3. The molecular formula is C19H20ClN3O. The van der Waals surface area contributed by atoms with Crippen LogP contribution in [-0.2, 0) is 13.0 Å². The van der Waals surface area contributed by atoms with E-state index in [0.29, 0.717) is 10.9 Å². The standard InChI is InChI=1S/C19H20ClN3O/c1-14-18(13-23(2)12-10-17-5-3-4-11-21-17)22-19(24-14)15-6-8-16(20)9-7-15/h3-9,11H,10,12-13H2,1-2H3. The van der Waals surface area contributed by atoms with E-state index in [-0.39, 0.29) is 0 Å². The highest BCUT2D eigenvalue weighted by molar-refractivity contribution is 6.30. The van der Waals surface area contributed by atoms with Gasteiger partial charge in [0, 0.05) is 42.0 Å². The number of pyridine rings is 1. The SMILES string of the molecule is Cc1oc(-c2ccc(Cl)cc2)nc1CN(C)CCc1ccccn1. The first-order valence-corrected chi connectivity index (χ1v) is 8.30. The lowest BCUT2D eigenvalue weighted by molar-refractivity contribution is 0.324. The molecule has 0 radical (unpaired) electrons. The van der Waals surface area contributed by atoms with E-state index in [2.05, 4.69) is 21.9 Å². The van der Waals surface area contributed by atoms with Gasteiger partial charge in [-0.25, -0.2) is 4.98 Å². The Morgan fingerprint density at radius 2 is 1.92 bits per heavy atom. The molecule has 5 heteroatoms. The van der Waals surface area contributed by atoms with Crippen LogP contribution in [0.4, 0.5) is 0 Å². The molecule has 0 saturated heterocycles. The fraction of sp³-hybridized carbons (Fsp3) is 0.263. The Hall–Kier alpha value is -2.17. The van der Waals surface area contributed by atoms with Gasteiger partial charge in [0.1, 0.15) is 5.76 Å². The van der Waals surface area contributed by atoms with E-state index in [1.807, 2.05) is 55.6 Å². The van der Waals surface area contributed by atoms with Crippen molar-refractivity contribution in [3.63, 3.8) is 0 Å². The lowest BCUT2D eigenvalue weighted by Crippen LogP contribution is -2.21. The highest BCUT2D eigenvalue weighted by Gasteiger charge is 2.13. The monoisotopic (exact) mass is 341 g/mol. The van der Waals surface area contributed by atoms with Crippen molar-refractivity contribution in [2.24, 2.45) is 0 Å². The van der Waals surface area contributed by atoms with Gasteiger partial charge in [-0.1, -0.05) is 17.7 Å². The number of likely N-dealkylation sites (N-methyl/N-ethyl adjacent to an activating group) is 1. The van der Waals surface area contributed by atoms with E-state index in [4.69, 9.17) is 16.0 Å². The molecule has 0 atom stereocenters. The van der Waals surface area contributed by atoms with Crippen molar-refractivity contribution < 1.29 is 4.42 Å². The van der Waals surface area contributed by atoms with Gasteiger partial charge in [0.15, 0.2) is 0 Å². The van der Waals surface area contributed by atoms with Gasteiger partial charge < -0.3 is 9.32 Å². The minimum Gasteiger partial charge on any atom is -0.441 e. The summed E-state index contributed by atoms with van der Waals surface area (Å²) in [5, 5.41) is 0.705. The summed E-state index contributed by atoms with van der Waals surface area (Å²) < 4.78 is 5.81. The van der Waals surface area contributed by atoms with E-state index >= 15 is 0 Å². The average molecular weight is 342 g/mol. The molecule has 0 saturated carbocycles. The average Bonchev–Trinajstić information content (AvgIpc) is 2.95. The fourth-order valence-corrected chi connectivity index (χ4v) is 2.60. The second-order valence-electron chi connectivity index (χ2n) is 5.84. The number of benzene rings is 1. The summed E-state index contributed by atoms with van der Waals surface area (Å²) in [6.45, 7) is 3.61. The van der Waals surface area contributed by atoms with Crippen molar-refractivity contribution in [3.05, 3.63) is 70.8 Å². The number of aryl methyl sites for hydroxylation is 1. The second-order valence-corrected chi connectivity index (χ2v) is 6.27. The second kappa shape index (κ2) is 7.60. The molecule has 3 rings (SSSR count). The van der Waals surface area contributed by atoms with Crippen LogP contribution in [0.25, 0.3) is 11.5 Å². The van der Waals surface area contributed by atoms with Crippen molar-refractivity contribution in [1.29, 1.82) is 0 Å². The van der Waals surface area contributed by atoms with Gasteiger partial charge in [-0.05, 0) is 50.4 Å². The molecule has 4 nitrogen and oxygen atoms in total. The van der Waals surface area contributed by atoms with Crippen LogP contribution >= 0.6 is 11.6 Å². The number of rotatable bonds is 6. The molecule has 0 spiro atoms.